The Morgan fingerprint density at radius 3 is 2.46 bits per heavy atom. The van der Waals surface area contributed by atoms with Crippen LogP contribution in [-0.2, 0) is 0 Å². The molecule has 0 bridgehead atoms. The number of rotatable bonds is 1. The summed E-state index contributed by atoms with van der Waals surface area (Å²) < 4.78 is 1.77. The molecule has 66 valence electrons. The first kappa shape index (κ1) is 7.98. The lowest BCUT2D eigenvalue weighted by Crippen LogP contribution is -1.96. The molecule has 13 heavy (non-hydrogen) atoms. The summed E-state index contributed by atoms with van der Waals surface area (Å²) in [6.07, 6.45) is 5.62. The summed E-state index contributed by atoms with van der Waals surface area (Å²) in [5.74, 6) is 0.860. The Labute approximate surface area is 77.0 Å². The van der Waals surface area contributed by atoms with Gasteiger partial charge in [-0.3, -0.25) is 0 Å². The van der Waals surface area contributed by atoms with Crippen LogP contribution in [0.4, 0.5) is 0 Å². The second kappa shape index (κ2) is 3.01. The van der Waals surface area contributed by atoms with Gasteiger partial charge in [-0.1, -0.05) is 6.07 Å². The molecule has 0 unspecified atom stereocenters. The standard InChI is InChI=1S/C10H11N3/c1-8-3-4-10(11-5-8)13-7-9(2)6-12-13/h3-7H,1-2H3. The highest BCUT2D eigenvalue weighted by Crippen LogP contribution is 2.05. The molecular formula is C10H11N3. The topological polar surface area (TPSA) is 30.7 Å². The highest BCUT2D eigenvalue weighted by atomic mass is 15.3. The van der Waals surface area contributed by atoms with Crippen molar-refractivity contribution >= 4 is 0 Å². The molecule has 2 rings (SSSR count). The van der Waals surface area contributed by atoms with E-state index in [1.54, 1.807) is 4.68 Å². The van der Waals surface area contributed by atoms with Crippen LogP contribution in [0.1, 0.15) is 11.1 Å². The maximum absolute atomic E-state index is 4.26. The summed E-state index contributed by atoms with van der Waals surface area (Å²) in [6, 6.07) is 3.99. The van der Waals surface area contributed by atoms with E-state index in [1.807, 2.05) is 44.6 Å². The Morgan fingerprint density at radius 2 is 1.92 bits per heavy atom. The van der Waals surface area contributed by atoms with Gasteiger partial charge in [0.05, 0.1) is 6.20 Å². The summed E-state index contributed by atoms with van der Waals surface area (Å²) >= 11 is 0. The summed E-state index contributed by atoms with van der Waals surface area (Å²) in [4.78, 5) is 4.26. The smallest absolute Gasteiger partial charge is 0.153 e. The van der Waals surface area contributed by atoms with E-state index in [2.05, 4.69) is 10.1 Å². The second-order valence-electron chi connectivity index (χ2n) is 3.16. The van der Waals surface area contributed by atoms with Gasteiger partial charge in [0.2, 0.25) is 0 Å². The Hall–Kier alpha value is -1.64. The van der Waals surface area contributed by atoms with Crippen LogP contribution in [0.5, 0.6) is 0 Å². The molecule has 0 aliphatic rings. The molecule has 0 spiro atoms. The zero-order valence-electron chi connectivity index (χ0n) is 7.73. The number of nitrogens with zero attached hydrogens (tertiary/aromatic N) is 3. The number of aromatic nitrogens is 3. The number of hydrogen-bond donors (Lipinski definition) is 0. The Balaban J connectivity index is 2.41. The van der Waals surface area contributed by atoms with Gasteiger partial charge >= 0.3 is 0 Å². The van der Waals surface area contributed by atoms with E-state index >= 15 is 0 Å². The minimum absolute atomic E-state index is 0.860. The molecule has 0 amide bonds. The normalized spacial score (nSPS) is 10.3. The molecule has 0 N–H and O–H groups in total. The van der Waals surface area contributed by atoms with Crippen LogP contribution in [0.3, 0.4) is 0 Å². The molecule has 0 aliphatic carbocycles. The van der Waals surface area contributed by atoms with Crippen molar-refractivity contribution in [2.24, 2.45) is 0 Å². The van der Waals surface area contributed by atoms with Crippen molar-refractivity contribution in [2.75, 3.05) is 0 Å². The molecule has 2 aromatic rings. The van der Waals surface area contributed by atoms with E-state index in [-0.39, 0.29) is 0 Å². The zero-order valence-corrected chi connectivity index (χ0v) is 7.73. The molecule has 0 saturated heterocycles. The molecule has 3 heteroatoms. The quantitative estimate of drug-likeness (QED) is 0.659. The van der Waals surface area contributed by atoms with Gasteiger partial charge in [0.15, 0.2) is 5.82 Å². The van der Waals surface area contributed by atoms with E-state index in [1.165, 1.54) is 0 Å². The van der Waals surface area contributed by atoms with Crippen molar-refractivity contribution in [1.29, 1.82) is 0 Å². The van der Waals surface area contributed by atoms with Crippen LogP contribution in [-0.4, -0.2) is 14.8 Å². The van der Waals surface area contributed by atoms with Crippen LogP contribution in [0.2, 0.25) is 0 Å². The fourth-order valence-electron chi connectivity index (χ4n) is 1.13. The highest BCUT2D eigenvalue weighted by Gasteiger charge is 1.97. The Morgan fingerprint density at radius 1 is 1.08 bits per heavy atom. The fraction of sp³-hybridized carbons (Fsp3) is 0.200. The van der Waals surface area contributed by atoms with Crippen molar-refractivity contribution in [3.63, 3.8) is 0 Å². The number of pyridine rings is 1. The van der Waals surface area contributed by atoms with Gasteiger partial charge in [-0.2, -0.15) is 5.10 Å². The summed E-state index contributed by atoms with van der Waals surface area (Å²) in [7, 11) is 0. The van der Waals surface area contributed by atoms with Crippen molar-refractivity contribution in [3.8, 4) is 5.82 Å². The first-order chi connectivity index (χ1) is 6.25. The third-order valence-corrected chi connectivity index (χ3v) is 1.84. The molecule has 3 nitrogen and oxygen atoms in total. The second-order valence-corrected chi connectivity index (χ2v) is 3.16. The van der Waals surface area contributed by atoms with Gasteiger partial charge in [0.25, 0.3) is 0 Å². The zero-order chi connectivity index (χ0) is 9.26. The largest absolute Gasteiger partial charge is 0.237 e. The van der Waals surface area contributed by atoms with Crippen molar-refractivity contribution < 1.29 is 0 Å². The predicted octanol–water partition coefficient (Wildman–Crippen LogP) is 1.88. The third kappa shape index (κ3) is 1.59. The van der Waals surface area contributed by atoms with E-state index in [9.17, 15) is 0 Å². The SMILES string of the molecule is Cc1ccc(-n2cc(C)cn2)nc1. The Kier molecular flexibility index (Phi) is 1.85. The van der Waals surface area contributed by atoms with E-state index in [4.69, 9.17) is 0 Å². The Bertz CT molecular complexity index is 400. The first-order valence-corrected chi connectivity index (χ1v) is 4.20. The molecule has 0 aromatic carbocycles. The molecule has 0 fully saturated rings. The highest BCUT2D eigenvalue weighted by molar-refractivity contribution is 5.24. The molecule has 0 radical (unpaired) electrons. The van der Waals surface area contributed by atoms with Gasteiger partial charge in [-0.25, -0.2) is 9.67 Å². The van der Waals surface area contributed by atoms with Crippen LogP contribution >= 0.6 is 0 Å². The summed E-state index contributed by atoms with van der Waals surface area (Å²) in [5, 5.41) is 4.17. The minimum Gasteiger partial charge on any atom is -0.237 e. The van der Waals surface area contributed by atoms with Crippen LogP contribution in [0.25, 0.3) is 5.82 Å². The van der Waals surface area contributed by atoms with E-state index in [0.29, 0.717) is 0 Å². The van der Waals surface area contributed by atoms with E-state index < -0.39 is 0 Å². The van der Waals surface area contributed by atoms with Crippen molar-refractivity contribution in [1.82, 2.24) is 14.8 Å². The number of aryl methyl sites for hydroxylation is 2. The maximum atomic E-state index is 4.26. The van der Waals surface area contributed by atoms with Gasteiger partial charge in [-0.15, -0.1) is 0 Å². The molecular weight excluding hydrogens is 162 g/mol. The van der Waals surface area contributed by atoms with Crippen molar-refractivity contribution in [2.45, 2.75) is 13.8 Å². The summed E-state index contributed by atoms with van der Waals surface area (Å²) in [6.45, 7) is 4.03. The van der Waals surface area contributed by atoms with Crippen molar-refractivity contribution in [3.05, 3.63) is 41.9 Å². The molecule has 0 atom stereocenters. The molecule has 0 aliphatic heterocycles. The predicted molar refractivity (Wildman–Crippen MR) is 50.8 cm³/mol. The summed E-state index contributed by atoms with van der Waals surface area (Å²) in [5.41, 5.74) is 2.30. The fourth-order valence-corrected chi connectivity index (χ4v) is 1.13. The van der Waals surface area contributed by atoms with Crippen LogP contribution in [0, 0.1) is 13.8 Å². The lowest BCUT2D eigenvalue weighted by Gasteiger charge is -1.99. The average Bonchev–Trinajstić information content (AvgIpc) is 2.53. The molecule has 0 saturated carbocycles. The van der Waals surface area contributed by atoms with Crippen LogP contribution in [0.15, 0.2) is 30.7 Å². The first-order valence-electron chi connectivity index (χ1n) is 4.20. The lowest BCUT2D eigenvalue weighted by molar-refractivity contribution is 0.845. The van der Waals surface area contributed by atoms with E-state index in [0.717, 1.165) is 16.9 Å². The molecule has 2 aromatic heterocycles. The average molecular weight is 173 g/mol. The monoisotopic (exact) mass is 173 g/mol. The minimum atomic E-state index is 0.860. The lowest BCUT2D eigenvalue weighted by atomic mass is 10.3. The van der Waals surface area contributed by atoms with Gasteiger partial charge in [0, 0.05) is 12.4 Å². The van der Waals surface area contributed by atoms with Crippen LogP contribution < -0.4 is 0 Å². The van der Waals surface area contributed by atoms with Gasteiger partial charge < -0.3 is 0 Å². The maximum Gasteiger partial charge on any atom is 0.153 e. The van der Waals surface area contributed by atoms with Gasteiger partial charge in [0.1, 0.15) is 0 Å². The third-order valence-electron chi connectivity index (χ3n) is 1.84. The van der Waals surface area contributed by atoms with Gasteiger partial charge in [-0.05, 0) is 31.0 Å². The number of hydrogen-bond acceptors (Lipinski definition) is 2. The molecule has 2 heterocycles.